The van der Waals surface area contributed by atoms with Crippen LogP contribution in [-0.4, -0.2) is 43.4 Å². The molecule has 0 aromatic rings. The van der Waals surface area contributed by atoms with E-state index >= 15 is 0 Å². The third-order valence-corrected chi connectivity index (χ3v) is 3.79. The Kier molecular flexibility index (Phi) is 10.7. The van der Waals surface area contributed by atoms with E-state index in [1.807, 2.05) is 13.8 Å². The van der Waals surface area contributed by atoms with Gasteiger partial charge in [0.15, 0.2) is 0 Å². The van der Waals surface area contributed by atoms with Crippen molar-refractivity contribution >= 4 is 12.0 Å². The minimum atomic E-state index is -0.874. The number of unbranched alkanes of at least 4 members (excludes halogenated alkanes) is 1. The lowest BCUT2D eigenvalue weighted by Crippen LogP contribution is -2.46. The predicted molar refractivity (Wildman–Crippen MR) is 82.4 cm³/mol. The molecule has 0 atom stereocenters. The fourth-order valence-corrected chi connectivity index (χ4v) is 1.91. The van der Waals surface area contributed by atoms with E-state index in [9.17, 15) is 14.7 Å². The summed E-state index contributed by atoms with van der Waals surface area (Å²) in [7, 11) is 0. The third-order valence-electron chi connectivity index (χ3n) is 3.79. The maximum absolute atomic E-state index is 11.6. The first-order valence-electron chi connectivity index (χ1n) is 7.85. The predicted octanol–water partition coefficient (Wildman–Crippen LogP) is 2.38. The van der Waals surface area contributed by atoms with Crippen LogP contribution in [0, 0.1) is 5.41 Å². The lowest BCUT2D eigenvalue weighted by molar-refractivity contribution is -0.149. The highest BCUT2D eigenvalue weighted by Crippen LogP contribution is 2.25. The Morgan fingerprint density at radius 3 is 2.19 bits per heavy atom. The molecule has 0 fully saturated rings. The van der Waals surface area contributed by atoms with E-state index in [-0.39, 0.29) is 12.6 Å². The van der Waals surface area contributed by atoms with Gasteiger partial charge in [0.05, 0.1) is 5.41 Å². The van der Waals surface area contributed by atoms with Gasteiger partial charge in [-0.2, -0.15) is 0 Å². The highest BCUT2D eigenvalue weighted by Gasteiger charge is 2.35. The van der Waals surface area contributed by atoms with E-state index < -0.39 is 11.4 Å². The van der Waals surface area contributed by atoms with Crippen LogP contribution < -0.4 is 10.6 Å². The molecule has 6 nitrogen and oxygen atoms in total. The Morgan fingerprint density at radius 1 is 1.05 bits per heavy atom. The second-order valence-corrected chi connectivity index (χ2v) is 5.22. The maximum atomic E-state index is 11.6. The van der Waals surface area contributed by atoms with Crippen molar-refractivity contribution in [1.29, 1.82) is 0 Å². The Morgan fingerprint density at radius 2 is 1.67 bits per heavy atom. The molecule has 6 heteroatoms. The largest absolute Gasteiger partial charge is 0.481 e. The number of nitrogens with one attached hydrogen (secondary N) is 2. The second kappa shape index (κ2) is 11.4. The fraction of sp³-hybridized carbons (Fsp3) is 0.867. The number of hydrogen-bond donors (Lipinski definition) is 3. The summed E-state index contributed by atoms with van der Waals surface area (Å²) < 4.78 is 5.39. The topological polar surface area (TPSA) is 87.7 Å². The zero-order valence-electron chi connectivity index (χ0n) is 13.5. The molecule has 0 saturated carbocycles. The Bertz CT molecular complexity index is 304. The molecule has 0 aromatic carbocycles. The van der Waals surface area contributed by atoms with E-state index in [0.717, 1.165) is 25.9 Å². The molecular weight excluding hydrogens is 272 g/mol. The van der Waals surface area contributed by atoms with Crippen molar-refractivity contribution < 1.29 is 19.4 Å². The summed E-state index contributed by atoms with van der Waals surface area (Å²) in [5, 5.41) is 14.6. The van der Waals surface area contributed by atoms with E-state index in [4.69, 9.17) is 4.74 Å². The number of carboxylic acid groups (broad SMARTS) is 1. The smallest absolute Gasteiger partial charge is 0.314 e. The maximum Gasteiger partial charge on any atom is 0.314 e. The van der Waals surface area contributed by atoms with Crippen molar-refractivity contribution in [2.45, 2.75) is 52.9 Å². The summed E-state index contributed by atoms with van der Waals surface area (Å²) in [6, 6.07) is -0.323. The lowest BCUT2D eigenvalue weighted by atomic mass is 9.82. The van der Waals surface area contributed by atoms with Crippen molar-refractivity contribution in [3.05, 3.63) is 0 Å². The summed E-state index contributed by atoms with van der Waals surface area (Å²) in [6.45, 7) is 7.82. The van der Waals surface area contributed by atoms with E-state index in [1.165, 1.54) is 0 Å². The van der Waals surface area contributed by atoms with Crippen LogP contribution in [0.5, 0.6) is 0 Å². The highest BCUT2D eigenvalue weighted by molar-refractivity contribution is 5.78. The van der Waals surface area contributed by atoms with Gasteiger partial charge in [-0.15, -0.1) is 0 Å². The SMILES string of the molecule is CCCCOCCCNC(=O)NCC(CC)(CC)C(=O)O. The summed E-state index contributed by atoms with van der Waals surface area (Å²) in [4.78, 5) is 22.9. The first-order valence-corrected chi connectivity index (χ1v) is 7.85. The summed E-state index contributed by atoms with van der Waals surface area (Å²) in [6.07, 6.45) is 3.90. The number of carbonyl (C=O) groups excluding carboxylic acids is 1. The van der Waals surface area contributed by atoms with Gasteiger partial charge in [-0.1, -0.05) is 27.2 Å². The van der Waals surface area contributed by atoms with Gasteiger partial charge >= 0.3 is 12.0 Å². The molecule has 0 aliphatic heterocycles. The van der Waals surface area contributed by atoms with Gasteiger partial charge < -0.3 is 20.5 Å². The Labute approximate surface area is 127 Å². The van der Waals surface area contributed by atoms with Crippen molar-refractivity contribution in [3.63, 3.8) is 0 Å². The molecule has 0 unspecified atom stereocenters. The number of rotatable bonds is 12. The molecule has 0 aromatic heterocycles. The molecule has 124 valence electrons. The van der Waals surface area contributed by atoms with Crippen LogP contribution >= 0.6 is 0 Å². The van der Waals surface area contributed by atoms with E-state index in [2.05, 4.69) is 17.6 Å². The summed E-state index contributed by atoms with van der Waals surface area (Å²) in [5.74, 6) is -0.864. The van der Waals surface area contributed by atoms with Crippen LogP contribution in [0.2, 0.25) is 0 Å². The number of amides is 2. The van der Waals surface area contributed by atoms with Crippen LogP contribution in [0.4, 0.5) is 4.79 Å². The summed E-state index contributed by atoms with van der Waals surface area (Å²) >= 11 is 0. The molecular formula is C15H30N2O4. The van der Waals surface area contributed by atoms with Gasteiger partial charge in [0, 0.05) is 26.3 Å². The Balaban J connectivity index is 3.82. The van der Waals surface area contributed by atoms with E-state index in [0.29, 0.717) is 26.0 Å². The molecule has 0 heterocycles. The van der Waals surface area contributed by atoms with Crippen LogP contribution in [0.25, 0.3) is 0 Å². The molecule has 21 heavy (non-hydrogen) atoms. The molecule has 0 aliphatic carbocycles. The molecule has 0 bridgehead atoms. The zero-order valence-corrected chi connectivity index (χ0v) is 13.5. The average molecular weight is 302 g/mol. The van der Waals surface area contributed by atoms with Gasteiger partial charge in [-0.05, 0) is 25.7 Å². The van der Waals surface area contributed by atoms with Crippen LogP contribution in [0.15, 0.2) is 0 Å². The average Bonchev–Trinajstić information content (AvgIpc) is 2.47. The van der Waals surface area contributed by atoms with Crippen molar-refractivity contribution in [1.82, 2.24) is 10.6 Å². The van der Waals surface area contributed by atoms with Crippen molar-refractivity contribution in [3.8, 4) is 0 Å². The molecule has 0 radical (unpaired) electrons. The fourth-order valence-electron chi connectivity index (χ4n) is 1.91. The molecule has 2 amide bonds. The normalized spacial score (nSPS) is 11.2. The van der Waals surface area contributed by atoms with Crippen molar-refractivity contribution in [2.75, 3.05) is 26.3 Å². The number of hydrogen-bond acceptors (Lipinski definition) is 3. The van der Waals surface area contributed by atoms with E-state index in [1.54, 1.807) is 0 Å². The van der Waals surface area contributed by atoms with Crippen LogP contribution in [0.1, 0.15) is 52.9 Å². The minimum Gasteiger partial charge on any atom is -0.481 e. The summed E-state index contributed by atoms with van der Waals surface area (Å²) in [5.41, 5.74) is -0.874. The van der Waals surface area contributed by atoms with Gasteiger partial charge in [0.1, 0.15) is 0 Å². The van der Waals surface area contributed by atoms with Crippen LogP contribution in [-0.2, 0) is 9.53 Å². The first kappa shape index (κ1) is 19.7. The monoisotopic (exact) mass is 302 g/mol. The molecule has 3 N–H and O–H groups in total. The van der Waals surface area contributed by atoms with Gasteiger partial charge in [0.2, 0.25) is 0 Å². The standard InChI is InChI=1S/C15H30N2O4/c1-4-7-10-21-11-8-9-16-14(20)17-12-15(5-2,6-3)13(18)19/h4-12H2,1-3H3,(H,18,19)(H2,16,17,20). The number of ether oxygens (including phenoxy) is 1. The van der Waals surface area contributed by atoms with Gasteiger partial charge in [-0.3, -0.25) is 4.79 Å². The Hall–Kier alpha value is -1.30. The minimum absolute atomic E-state index is 0.147. The quantitative estimate of drug-likeness (QED) is 0.483. The third kappa shape index (κ3) is 7.90. The number of carboxylic acids is 1. The highest BCUT2D eigenvalue weighted by atomic mass is 16.5. The molecule has 0 spiro atoms. The second-order valence-electron chi connectivity index (χ2n) is 5.22. The molecule has 0 aliphatic rings. The molecule has 0 saturated heterocycles. The van der Waals surface area contributed by atoms with Crippen LogP contribution in [0.3, 0.4) is 0 Å². The first-order chi connectivity index (χ1) is 10.0. The van der Waals surface area contributed by atoms with Crippen molar-refractivity contribution in [2.24, 2.45) is 5.41 Å². The number of urea groups is 1. The zero-order chi connectivity index (χ0) is 16.1. The number of carbonyl (C=O) groups is 2. The molecule has 0 rings (SSSR count). The van der Waals surface area contributed by atoms with Gasteiger partial charge in [-0.25, -0.2) is 4.79 Å². The number of aliphatic carboxylic acids is 1. The lowest BCUT2D eigenvalue weighted by Gasteiger charge is -2.26. The van der Waals surface area contributed by atoms with Gasteiger partial charge in [0.25, 0.3) is 0 Å².